The normalized spacial score (nSPS) is 11.0. The molecule has 0 saturated carbocycles. The molecule has 0 aromatic heterocycles. The number of amides is 1. The lowest BCUT2D eigenvalue weighted by molar-refractivity contribution is -0.398. The Morgan fingerprint density at radius 1 is 1.24 bits per heavy atom. The van der Waals surface area contributed by atoms with E-state index in [1.165, 1.54) is 19.4 Å². The van der Waals surface area contributed by atoms with E-state index < -0.39 is 16.4 Å². The van der Waals surface area contributed by atoms with Gasteiger partial charge in [0, 0.05) is 21.9 Å². The van der Waals surface area contributed by atoms with Crippen molar-refractivity contribution in [2.45, 2.75) is 6.42 Å². The summed E-state index contributed by atoms with van der Waals surface area (Å²) in [6.07, 6.45) is 1.32. The van der Waals surface area contributed by atoms with Gasteiger partial charge in [0.2, 0.25) is 5.91 Å². The number of benzene rings is 3. The summed E-state index contributed by atoms with van der Waals surface area (Å²) >= 11 is 3.49. The highest BCUT2D eigenvalue weighted by Crippen LogP contribution is 2.34. The maximum Gasteiger partial charge on any atom is 0.266 e. The second-order valence-corrected chi connectivity index (χ2v) is 6.90. The van der Waals surface area contributed by atoms with Crippen molar-refractivity contribution in [2.24, 2.45) is 5.10 Å². The molecule has 0 saturated heterocycles. The molecule has 3 rings (SSSR count). The largest absolute Gasteiger partial charge is 0.865 e. The van der Waals surface area contributed by atoms with Crippen LogP contribution in [0.5, 0.6) is 11.5 Å². The van der Waals surface area contributed by atoms with Crippen molar-refractivity contribution in [3.05, 3.63) is 74.2 Å². The summed E-state index contributed by atoms with van der Waals surface area (Å²) in [4.78, 5) is 22.5. The lowest BCUT2D eigenvalue weighted by Gasteiger charge is -2.13. The molecule has 0 bridgehead atoms. The molecular weight excluding hydrogens is 442 g/mol. The topological polar surface area (TPSA) is 117 Å². The van der Waals surface area contributed by atoms with Crippen molar-refractivity contribution in [2.75, 3.05) is 7.11 Å². The van der Waals surface area contributed by atoms with Gasteiger partial charge in [0.1, 0.15) is 5.75 Å². The number of nitro groups is 1. The first kappa shape index (κ1) is 20.3. The van der Waals surface area contributed by atoms with Gasteiger partial charge in [0.05, 0.1) is 24.7 Å². The molecule has 0 unspecified atom stereocenters. The van der Waals surface area contributed by atoms with E-state index in [1.54, 1.807) is 0 Å². The van der Waals surface area contributed by atoms with Gasteiger partial charge in [-0.2, -0.15) is 5.10 Å². The van der Waals surface area contributed by atoms with Crippen molar-refractivity contribution >= 4 is 44.5 Å². The molecule has 29 heavy (non-hydrogen) atoms. The van der Waals surface area contributed by atoms with Crippen molar-refractivity contribution in [3.63, 3.8) is 0 Å². The fraction of sp³-hybridized carbons (Fsp3) is 0.100. The fourth-order valence-corrected chi connectivity index (χ4v) is 3.32. The Hall–Kier alpha value is -3.46. The zero-order chi connectivity index (χ0) is 21.0. The minimum absolute atomic E-state index is 0.105. The summed E-state index contributed by atoms with van der Waals surface area (Å²) in [5.74, 6) is -1.34. The molecule has 0 radical (unpaired) electrons. The number of nitrogens with one attached hydrogen (secondary N) is 1. The number of nitro benzene ring substituents is 1. The number of hydrazone groups is 1. The number of carbonyl (C=O) groups is 1. The van der Waals surface area contributed by atoms with Crippen LogP contribution in [0.4, 0.5) is 5.69 Å². The summed E-state index contributed by atoms with van der Waals surface area (Å²) in [6.45, 7) is 0. The zero-order valence-corrected chi connectivity index (χ0v) is 16.8. The van der Waals surface area contributed by atoms with Gasteiger partial charge in [0.15, 0.2) is 0 Å². The van der Waals surface area contributed by atoms with E-state index in [-0.39, 0.29) is 23.6 Å². The Balaban J connectivity index is 1.75. The summed E-state index contributed by atoms with van der Waals surface area (Å²) in [5.41, 5.74) is 2.85. The number of hydrogen-bond acceptors (Lipinski definition) is 6. The van der Waals surface area contributed by atoms with Gasteiger partial charge in [-0.1, -0.05) is 46.3 Å². The van der Waals surface area contributed by atoms with E-state index in [1.807, 2.05) is 36.4 Å². The molecule has 3 aromatic carbocycles. The molecule has 8 nitrogen and oxygen atoms in total. The molecule has 0 heterocycles. The van der Waals surface area contributed by atoms with E-state index >= 15 is 0 Å². The zero-order valence-electron chi connectivity index (χ0n) is 15.2. The lowest BCUT2D eigenvalue weighted by Crippen LogP contribution is -2.20. The Labute approximate surface area is 174 Å². The van der Waals surface area contributed by atoms with Crippen LogP contribution >= 0.6 is 15.9 Å². The number of ether oxygens (including phenoxy) is 1. The standard InChI is InChI=1S/C20H16BrN3O5/c1-29-18-9-12(8-17(20(18)26)24(27)28)11-22-23-19(25)10-13-6-7-16(21)15-5-3-2-4-14(13)15/h2-9,11,26H,10H2,1H3,(H,23,25)/p-1/b22-11-. The molecule has 1 N–H and O–H groups in total. The maximum absolute atomic E-state index is 12.3. The van der Waals surface area contributed by atoms with Crippen LogP contribution in [0, 0.1) is 10.1 Å². The number of fused-ring (bicyclic) bond motifs is 1. The Morgan fingerprint density at radius 2 is 1.97 bits per heavy atom. The van der Waals surface area contributed by atoms with E-state index in [0.717, 1.165) is 26.9 Å². The summed E-state index contributed by atoms with van der Waals surface area (Å²) in [7, 11) is 1.24. The van der Waals surface area contributed by atoms with Gasteiger partial charge in [-0.05, 0) is 28.5 Å². The maximum atomic E-state index is 12.3. The van der Waals surface area contributed by atoms with Crippen LogP contribution < -0.4 is 15.3 Å². The van der Waals surface area contributed by atoms with Crippen LogP contribution in [0.1, 0.15) is 11.1 Å². The number of nitrogens with zero attached hydrogens (tertiary/aromatic N) is 2. The average Bonchev–Trinajstić information content (AvgIpc) is 2.71. The Morgan fingerprint density at radius 3 is 2.66 bits per heavy atom. The van der Waals surface area contributed by atoms with Crippen LogP contribution in [-0.2, 0) is 11.2 Å². The van der Waals surface area contributed by atoms with E-state index in [2.05, 4.69) is 26.5 Å². The highest BCUT2D eigenvalue weighted by Gasteiger charge is 2.13. The first-order chi connectivity index (χ1) is 13.9. The molecule has 0 aliphatic rings. The third kappa shape index (κ3) is 4.52. The van der Waals surface area contributed by atoms with E-state index in [4.69, 9.17) is 4.74 Å². The van der Waals surface area contributed by atoms with Crippen molar-refractivity contribution in [1.82, 2.24) is 5.43 Å². The summed E-state index contributed by atoms with van der Waals surface area (Å²) in [6, 6.07) is 13.8. The molecule has 9 heteroatoms. The molecule has 1 amide bonds. The molecule has 0 aliphatic carbocycles. The third-order valence-corrected chi connectivity index (χ3v) is 4.88. The Bertz CT molecular complexity index is 1130. The highest BCUT2D eigenvalue weighted by atomic mass is 79.9. The quantitative estimate of drug-likeness (QED) is 0.346. The second kappa shape index (κ2) is 8.70. The van der Waals surface area contributed by atoms with Gasteiger partial charge in [-0.15, -0.1) is 0 Å². The number of hydrogen-bond donors (Lipinski definition) is 1. The van der Waals surface area contributed by atoms with Crippen LogP contribution in [0.2, 0.25) is 0 Å². The summed E-state index contributed by atoms with van der Waals surface area (Å²) in [5, 5.41) is 28.6. The highest BCUT2D eigenvalue weighted by molar-refractivity contribution is 9.10. The lowest BCUT2D eigenvalue weighted by atomic mass is 10.0. The summed E-state index contributed by atoms with van der Waals surface area (Å²) < 4.78 is 5.80. The predicted octanol–water partition coefficient (Wildman–Crippen LogP) is 3.29. The van der Waals surface area contributed by atoms with Gasteiger partial charge in [0.25, 0.3) is 5.69 Å². The molecule has 0 fully saturated rings. The third-order valence-electron chi connectivity index (χ3n) is 4.19. The van der Waals surface area contributed by atoms with Crippen LogP contribution in [0.15, 0.2) is 58.1 Å². The minimum atomic E-state index is -0.819. The van der Waals surface area contributed by atoms with Crippen molar-refractivity contribution in [3.8, 4) is 11.5 Å². The van der Waals surface area contributed by atoms with E-state index in [0.29, 0.717) is 0 Å². The smallest absolute Gasteiger partial charge is 0.266 e. The number of carbonyl (C=O) groups excluding carboxylic acids is 1. The number of methoxy groups -OCH3 is 1. The molecule has 148 valence electrons. The van der Waals surface area contributed by atoms with Gasteiger partial charge >= 0.3 is 0 Å². The SMILES string of the molecule is COc1cc(/C=N\NC(=O)Cc2ccc(Br)c3ccccc23)cc([N+](=O)[O-])c1[O-]. The first-order valence-electron chi connectivity index (χ1n) is 8.42. The van der Waals surface area contributed by atoms with Gasteiger partial charge in [-0.3, -0.25) is 14.9 Å². The van der Waals surface area contributed by atoms with E-state index in [9.17, 15) is 20.0 Å². The molecular formula is C20H15BrN3O5-. The van der Waals surface area contributed by atoms with Crippen LogP contribution in [0.25, 0.3) is 10.8 Å². The van der Waals surface area contributed by atoms with Gasteiger partial charge < -0.3 is 9.84 Å². The molecule has 0 aliphatic heterocycles. The molecule has 3 aromatic rings. The first-order valence-corrected chi connectivity index (χ1v) is 9.21. The predicted molar refractivity (Wildman–Crippen MR) is 110 cm³/mol. The van der Waals surface area contributed by atoms with Crippen LogP contribution in [-0.4, -0.2) is 24.2 Å². The minimum Gasteiger partial charge on any atom is -0.865 e. The molecule has 0 spiro atoms. The number of halogens is 1. The molecule has 0 atom stereocenters. The van der Waals surface area contributed by atoms with Crippen LogP contribution in [0.3, 0.4) is 0 Å². The second-order valence-electron chi connectivity index (χ2n) is 6.05. The van der Waals surface area contributed by atoms with Gasteiger partial charge in [-0.25, -0.2) is 5.43 Å². The Kier molecular flexibility index (Phi) is 6.08. The van der Waals surface area contributed by atoms with Crippen molar-refractivity contribution < 1.29 is 19.6 Å². The average molecular weight is 457 g/mol. The number of rotatable bonds is 6. The van der Waals surface area contributed by atoms with Crippen molar-refractivity contribution in [1.29, 1.82) is 0 Å². The fourth-order valence-electron chi connectivity index (χ4n) is 2.84. The monoisotopic (exact) mass is 456 g/mol.